The van der Waals surface area contributed by atoms with E-state index in [2.05, 4.69) is 26.0 Å². The zero-order valence-electron chi connectivity index (χ0n) is 17.4. The maximum Gasteiger partial charge on any atom is 0.240 e. The first kappa shape index (κ1) is 20.7. The maximum absolute atomic E-state index is 12.8. The van der Waals surface area contributed by atoms with Gasteiger partial charge < -0.3 is 9.42 Å². The smallest absolute Gasteiger partial charge is 0.240 e. The Morgan fingerprint density at radius 3 is 2.43 bits per heavy atom. The first-order valence-corrected chi connectivity index (χ1v) is 10.4. The van der Waals surface area contributed by atoms with Gasteiger partial charge in [-0.15, -0.1) is 0 Å². The molecule has 2 heterocycles. The van der Waals surface area contributed by atoms with Gasteiger partial charge >= 0.3 is 0 Å². The van der Waals surface area contributed by atoms with E-state index in [9.17, 15) is 10.1 Å². The van der Waals surface area contributed by atoms with Gasteiger partial charge in [0.2, 0.25) is 11.8 Å². The zero-order chi connectivity index (χ0) is 20.1. The van der Waals surface area contributed by atoms with Crippen LogP contribution in [0.25, 0.3) is 0 Å². The van der Waals surface area contributed by atoms with Crippen molar-refractivity contribution in [2.24, 2.45) is 0 Å². The molecule has 1 aliphatic carbocycles. The van der Waals surface area contributed by atoms with Gasteiger partial charge in [-0.1, -0.05) is 38.3 Å². The Morgan fingerprint density at radius 2 is 1.86 bits per heavy atom. The normalized spacial score (nSPS) is 20.8. The van der Waals surface area contributed by atoms with E-state index in [1.54, 1.807) is 11.9 Å². The highest BCUT2D eigenvalue weighted by atomic mass is 16.5. The third kappa shape index (κ3) is 4.70. The molecule has 8 nitrogen and oxygen atoms in total. The number of nitrogens with zero attached hydrogens (tertiary/aromatic N) is 6. The number of aromatic nitrogens is 2. The molecule has 1 saturated heterocycles. The van der Waals surface area contributed by atoms with Gasteiger partial charge in [-0.05, 0) is 12.8 Å². The molecule has 0 atom stereocenters. The molecule has 28 heavy (non-hydrogen) atoms. The highest BCUT2D eigenvalue weighted by Gasteiger charge is 2.39. The maximum atomic E-state index is 12.8. The molecule has 1 saturated carbocycles. The van der Waals surface area contributed by atoms with Crippen LogP contribution in [0.15, 0.2) is 4.52 Å². The molecule has 1 aromatic rings. The van der Waals surface area contributed by atoms with Gasteiger partial charge in [-0.3, -0.25) is 14.6 Å². The summed E-state index contributed by atoms with van der Waals surface area (Å²) in [5.74, 6) is 1.71. The summed E-state index contributed by atoms with van der Waals surface area (Å²) in [6.07, 6.45) is 4.80. The van der Waals surface area contributed by atoms with E-state index < -0.39 is 5.54 Å². The Kier molecular flexibility index (Phi) is 6.68. The van der Waals surface area contributed by atoms with Crippen LogP contribution in [0.1, 0.15) is 63.6 Å². The monoisotopic (exact) mass is 388 g/mol. The molecule has 3 rings (SSSR count). The van der Waals surface area contributed by atoms with Crippen molar-refractivity contribution in [2.45, 2.75) is 64.0 Å². The Balaban J connectivity index is 1.47. The van der Waals surface area contributed by atoms with E-state index in [0.717, 1.165) is 64.1 Å². The quantitative estimate of drug-likeness (QED) is 0.736. The summed E-state index contributed by atoms with van der Waals surface area (Å²) in [5.41, 5.74) is -0.608. The first-order valence-electron chi connectivity index (χ1n) is 10.4. The minimum Gasteiger partial charge on any atom is -0.338 e. The molecule has 0 aromatic carbocycles. The van der Waals surface area contributed by atoms with Crippen molar-refractivity contribution < 1.29 is 9.32 Å². The number of hydrogen-bond acceptors (Lipinski definition) is 7. The summed E-state index contributed by atoms with van der Waals surface area (Å²) in [4.78, 5) is 23.4. The predicted molar refractivity (Wildman–Crippen MR) is 104 cm³/mol. The molecule has 0 spiro atoms. The number of amides is 1. The summed E-state index contributed by atoms with van der Waals surface area (Å²) in [6, 6.07) is 2.43. The Labute approximate surface area is 167 Å². The predicted octanol–water partition coefficient (Wildman–Crippen LogP) is 2.00. The lowest BCUT2D eigenvalue weighted by molar-refractivity contribution is -0.136. The van der Waals surface area contributed by atoms with Gasteiger partial charge in [-0.25, -0.2) is 0 Å². The number of nitriles is 1. The van der Waals surface area contributed by atoms with Crippen molar-refractivity contribution >= 4 is 5.91 Å². The summed E-state index contributed by atoms with van der Waals surface area (Å²) in [7, 11) is 1.80. The third-order valence-corrected chi connectivity index (χ3v) is 6.09. The number of carbonyl (C=O) groups is 1. The van der Waals surface area contributed by atoms with Crippen LogP contribution in [0.5, 0.6) is 0 Å². The van der Waals surface area contributed by atoms with Crippen LogP contribution < -0.4 is 0 Å². The molecule has 1 aromatic heterocycles. The van der Waals surface area contributed by atoms with Crippen LogP contribution in [-0.4, -0.2) is 76.1 Å². The van der Waals surface area contributed by atoms with Gasteiger partial charge in [0.25, 0.3) is 0 Å². The average Bonchev–Trinajstić information content (AvgIpc) is 3.18. The van der Waals surface area contributed by atoms with E-state index >= 15 is 0 Å². The second-order valence-corrected chi connectivity index (χ2v) is 8.41. The lowest BCUT2D eigenvalue weighted by Gasteiger charge is -2.40. The van der Waals surface area contributed by atoms with Gasteiger partial charge in [0, 0.05) is 39.1 Å². The van der Waals surface area contributed by atoms with Crippen LogP contribution in [0.3, 0.4) is 0 Å². The van der Waals surface area contributed by atoms with E-state index in [4.69, 9.17) is 4.52 Å². The molecular weight excluding hydrogens is 356 g/mol. The number of likely N-dealkylation sites (N-methyl/N-ethyl adjacent to an activating group) is 1. The standard InChI is InChI=1S/C20H32N6O2/c1-16(2)19-22-17(28-23-19)13-25-9-11-26(12-10-25)14-18(27)24(3)20(15-21)7-5-4-6-8-20/h16H,4-14H2,1-3H3. The molecule has 1 amide bonds. The molecule has 154 valence electrons. The lowest BCUT2D eigenvalue weighted by atomic mass is 9.81. The van der Waals surface area contributed by atoms with Gasteiger partial charge in [0.15, 0.2) is 5.82 Å². The van der Waals surface area contributed by atoms with Crippen molar-refractivity contribution in [1.82, 2.24) is 24.8 Å². The van der Waals surface area contributed by atoms with Crippen molar-refractivity contribution in [3.8, 4) is 6.07 Å². The second kappa shape index (κ2) is 9.01. The first-order chi connectivity index (χ1) is 13.4. The number of hydrogen-bond donors (Lipinski definition) is 0. The van der Waals surface area contributed by atoms with E-state index in [0.29, 0.717) is 19.0 Å². The van der Waals surface area contributed by atoms with Crippen LogP contribution in [0, 0.1) is 11.3 Å². The molecule has 1 aliphatic heterocycles. The minimum atomic E-state index is -0.608. The molecule has 0 bridgehead atoms. The van der Waals surface area contributed by atoms with E-state index in [1.165, 1.54) is 0 Å². The minimum absolute atomic E-state index is 0.0513. The summed E-state index contributed by atoms with van der Waals surface area (Å²) in [6.45, 7) is 8.50. The largest absolute Gasteiger partial charge is 0.338 e. The Morgan fingerprint density at radius 1 is 1.21 bits per heavy atom. The molecule has 2 aliphatic rings. The summed E-state index contributed by atoms with van der Waals surface area (Å²) < 4.78 is 5.33. The number of piperazine rings is 1. The SMILES string of the molecule is CC(C)c1noc(CN2CCN(CC(=O)N(C)C3(C#N)CCCCC3)CC2)n1. The molecule has 0 unspecified atom stereocenters. The van der Waals surface area contributed by atoms with Crippen LogP contribution in [-0.2, 0) is 11.3 Å². The highest BCUT2D eigenvalue weighted by Crippen LogP contribution is 2.32. The van der Waals surface area contributed by atoms with Crippen molar-refractivity contribution in [1.29, 1.82) is 5.26 Å². The lowest BCUT2D eigenvalue weighted by Crippen LogP contribution is -2.54. The number of rotatable bonds is 6. The van der Waals surface area contributed by atoms with Crippen molar-refractivity contribution in [3.05, 3.63) is 11.7 Å². The van der Waals surface area contributed by atoms with Crippen LogP contribution >= 0.6 is 0 Å². The van der Waals surface area contributed by atoms with Gasteiger partial charge in [-0.2, -0.15) is 10.2 Å². The molecular formula is C20H32N6O2. The zero-order valence-corrected chi connectivity index (χ0v) is 17.4. The fraction of sp³-hybridized carbons (Fsp3) is 0.800. The van der Waals surface area contributed by atoms with E-state index in [1.807, 2.05) is 13.8 Å². The Hall–Kier alpha value is -1.98. The van der Waals surface area contributed by atoms with E-state index in [-0.39, 0.29) is 11.8 Å². The summed E-state index contributed by atoms with van der Waals surface area (Å²) >= 11 is 0. The second-order valence-electron chi connectivity index (χ2n) is 8.41. The van der Waals surface area contributed by atoms with Crippen molar-refractivity contribution in [2.75, 3.05) is 39.8 Å². The average molecular weight is 389 g/mol. The number of carbonyl (C=O) groups excluding carboxylic acids is 1. The van der Waals surface area contributed by atoms with Gasteiger partial charge in [0.1, 0.15) is 5.54 Å². The molecule has 2 fully saturated rings. The highest BCUT2D eigenvalue weighted by molar-refractivity contribution is 5.79. The topological polar surface area (TPSA) is 89.5 Å². The molecule has 0 N–H and O–H groups in total. The molecule has 0 radical (unpaired) electrons. The molecule has 8 heteroatoms. The summed E-state index contributed by atoms with van der Waals surface area (Å²) in [5, 5.41) is 13.7. The van der Waals surface area contributed by atoms with Crippen LogP contribution in [0.4, 0.5) is 0 Å². The third-order valence-electron chi connectivity index (χ3n) is 6.09. The Bertz CT molecular complexity index is 696. The van der Waals surface area contributed by atoms with Crippen LogP contribution in [0.2, 0.25) is 0 Å². The fourth-order valence-corrected chi connectivity index (χ4v) is 4.06. The fourth-order valence-electron chi connectivity index (χ4n) is 4.06. The van der Waals surface area contributed by atoms with Crippen molar-refractivity contribution in [3.63, 3.8) is 0 Å². The van der Waals surface area contributed by atoms with Gasteiger partial charge in [0.05, 0.1) is 19.2 Å².